The molecule has 12 heteroatoms. The molecule has 0 bridgehead atoms. The smallest absolute Gasteiger partial charge is 0.413 e. The van der Waals surface area contributed by atoms with E-state index < -0.39 is 35.9 Å². The first-order valence-electron chi connectivity index (χ1n) is 10.1. The second-order valence-corrected chi connectivity index (χ2v) is 8.19. The number of carboxylic acids is 1. The van der Waals surface area contributed by atoms with Crippen LogP contribution in [0.1, 0.15) is 45.1 Å². The number of nitrogens with zero attached hydrogens (tertiary/aromatic N) is 4. The normalized spacial score (nSPS) is 15.2. The van der Waals surface area contributed by atoms with Crippen molar-refractivity contribution < 1.29 is 28.2 Å². The van der Waals surface area contributed by atoms with Gasteiger partial charge in [0.05, 0.1) is 17.7 Å². The van der Waals surface area contributed by atoms with Gasteiger partial charge in [0, 0.05) is 18.9 Å². The zero-order chi connectivity index (χ0) is 24.4. The molecule has 1 saturated carbocycles. The quantitative estimate of drug-likeness (QED) is 0.451. The minimum Gasteiger partial charge on any atom is -0.481 e. The van der Waals surface area contributed by atoms with E-state index in [1.807, 2.05) is 0 Å². The summed E-state index contributed by atoms with van der Waals surface area (Å²) < 4.78 is 33.4. The highest BCUT2D eigenvalue weighted by Crippen LogP contribution is 2.48. The van der Waals surface area contributed by atoms with Crippen molar-refractivity contribution in [2.45, 2.75) is 51.6 Å². The molecule has 9 nitrogen and oxygen atoms in total. The van der Waals surface area contributed by atoms with Gasteiger partial charge in [-0.15, -0.1) is 5.10 Å². The van der Waals surface area contributed by atoms with Gasteiger partial charge in [0.25, 0.3) is 5.92 Å². The van der Waals surface area contributed by atoms with E-state index >= 15 is 0 Å². The summed E-state index contributed by atoms with van der Waals surface area (Å²) in [5.41, 5.74) is 0.287. The fourth-order valence-corrected chi connectivity index (χ4v) is 3.18. The van der Waals surface area contributed by atoms with Crippen molar-refractivity contribution in [1.29, 1.82) is 0 Å². The Hall–Kier alpha value is -3.26. The van der Waals surface area contributed by atoms with Crippen LogP contribution in [0.2, 0.25) is 5.15 Å². The van der Waals surface area contributed by atoms with Crippen LogP contribution in [0, 0.1) is 17.3 Å². The molecule has 1 amide bonds. The molecule has 1 atom stereocenters. The van der Waals surface area contributed by atoms with Crippen LogP contribution in [0.25, 0.3) is 11.4 Å². The van der Waals surface area contributed by atoms with Gasteiger partial charge in [-0.3, -0.25) is 10.1 Å². The Kier molecular flexibility index (Phi) is 6.88. The lowest BCUT2D eigenvalue weighted by atomic mass is 10.0. The third kappa shape index (κ3) is 5.76. The number of nitrogens with one attached hydrogen (secondary N) is 1. The first kappa shape index (κ1) is 24.4. The number of anilines is 1. The van der Waals surface area contributed by atoms with Gasteiger partial charge < -0.3 is 9.84 Å². The van der Waals surface area contributed by atoms with E-state index in [0.29, 0.717) is 18.4 Å². The van der Waals surface area contributed by atoms with Crippen LogP contribution < -0.4 is 5.32 Å². The number of alkyl halides is 2. The fourth-order valence-electron chi connectivity index (χ4n) is 2.98. The predicted octanol–water partition coefficient (Wildman–Crippen LogP) is 4.12. The zero-order valence-corrected chi connectivity index (χ0v) is 18.9. The van der Waals surface area contributed by atoms with Gasteiger partial charge in [-0.25, -0.2) is 23.2 Å². The first-order chi connectivity index (χ1) is 15.5. The van der Waals surface area contributed by atoms with Crippen molar-refractivity contribution in [3.8, 4) is 23.2 Å². The third-order valence-electron chi connectivity index (χ3n) is 5.29. The maximum Gasteiger partial charge on any atom is 0.413 e. The van der Waals surface area contributed by atoms with Crippen LogP contribution in [0.15, 0.2) is 12.1 Å². The molecule has 0 spiro atoms. The fraction of sp³-hybridized carbons (Fsp3) is 0.476. The summed E-state index contributed by atoms with van der Waals surface area (Å²) in [5, 5.41) is 19.2. The molecule has 1 aliphatic rings. The van der Waals surface area contributed by atoms with Gasteiger partial charge in [-0.2, -0.15) is 0 Å². The Bertz CT molecular complexity index is 1140. The monoisotopic (exact) mass is 481 g/mol. The number of hydrogen-bond donors (Lipinski definition) is 2. The van der Waals surface area contributed by atoms with E-state index in [9.17, 15) is 18.4 Å². The van der Waals surface area contributed by atoms with Crippen molar-refractivity contribution in [3.05, 3.63) is 22.8 Å². The standard InChI is InChI=1S/C21H22ClF2N5O4/c1-4-21(23,24)12(2)33-19(32)26-18-16(27-28-29(18)3)14-6-5-13(17(22)25-14)7-8-20(9-10-20)11-15(30)31/h5-6,12H,4,9-11H2,1-3H3,(H,26,32)(H,30,31)/t12-/m1/s1. The Morgan fingerprint density at radius 2 is 2.12 bits per heavy atom. The number of aryl methyl sites for hydroxylation is 1. The summed E-state index contributed by atoms with van der Waals surface area (Å²) in [6.45, 7) is 2.40. The Morgan fingerprint density at radius 1 is 1.42 bits per heavy atom. The topological polar surface area (TPSA) is 119 Å². The second-order valence-electron chi connectivity index (χ2n) is 7.83. The minimum atomic E-state index is -3.17. The second kappa shape index (κ2) is 9.31. The summed E-state index contributed by atoms with van der Waals surface area (Å²) >= 11 is 6.25. The molecule has 0 radical (unpaired) electrons. The summed E-state index contributed by atoms with van der Waals surface area (Å²) in [7, 11) is 1.50. The molecule has 3 rings (SSSR count). The van der Waals surface area contributed by atoms with E-state index in [4.69, 9.17) is 21.4 Å². The Balaban J connectivity index is 1.78. The molecular weight excluding hydrogens is 460 g/mol. The van der Waals surface area contributed by atoms with E-state index in [-0.39, 0.29) is 28.8 Å². The number of pyridine rings is 1. The zero-order valence-electron chi connectivity index (χ0n) is 18.2. The average molecular weight is 482 g/mol. The lowest BCUT2D eigenvalue weighted by Crippen LogP contribution is -2.36. The molecule has 1 aliphatic carbocycles. The van der Waals surface area contributed by atoms with Gasteiger partial charge in [0.15, 0.2) is 17.6 Å². The number of carboxylic acid groups (broad SMARTS) is 1. The Labute approximate surface area is 193 Å². The van der Waals surface area contributed by atoms with E-state index in [1.54, 1.807) is 12.1 Å². The molecule has 2 aromatic heterocycles. The highest BCUT2D eigenvalue weighted by molar-refractivity contribution is 6.30. The molecule has 2 aromatic rings. The summed E-state index contributed by atoms with van der Waals surface area (Å²) in [6.07, 6.45) is -1.81. The van der Waals surface area contributed by atoms with Crippen molar-refractivity contribution in [3.63, 3.8) is 0 Å². The first-order valence-corrected chi connectivity index (χ1v) is 10.5. The van der Waals surface area contributed by atoms with Crippen LogP contribution in [0.3, 0.4) is 0 Å². The molecule has 0 aromatic carbocycles. The number of halogens is 3. The average Bonchev–Trinajstić information content (AvgIpc) is 3.41. The number of aromatic nitrogens is 4. The number of amides is 1. The molecule has 1 fully saturated rings. The molecule has 176 valence electrons. The van der Waals surface area contributed by atoms with Crippen molar-refractivity contribution in [1.82, 2.24) is 20.0 Å². The number of hydrogen-bond acceptors (Lipinski definition) is 6. The van der Waals surface area contributed by atoms with Crippen LogP contribution >= 0.6 is 11.6 Å². The van der Waals surface area contributed by atoms with E-state index in [1.165, 1.54) is 18.7 Å². The van der Waals surface area contributed by atoms with Gasteiger partial charge in [-0.1, -0.05) is 35.6 Å². The molecule has 2 heterocycles. The van der Waals surface area contributed by atoms with Crippen molar-refractivity contribution in [2.75, 3.05) is 5.32 Å². The van der Waals surface area contributed by atoms with Crippen LogP contribution in [0.5, 0.6) is 0 Å². The maximum atomic E-state index is 13.7. The number of carbonyl (C=O) groups excluding carboxylic acids is 1. The van der Waals surface area contributed by atoms with Crippen molar-refractivity contribution in [2.24, 2.45) is 12.5 Å². The number of rotatable bonds is 7. The van der Waals surface area contributed by atoms with E-state index in [0.717, 1.165) is 6.92 Å². The van der Waals surface area contributed by atoms with Crippen molar-refractivity contribution >= 4 is 29.5 Å². The third-order valence-corrected chi connectivity index (χ3v) is 5.58. The Morgan fingerprint density at radius 3 is 2.70 bits per heavy atom. The maximum absolute atomic E-state index is 13.7. The molecule has 0 unspecified atom stereocenters. The highest BCUT2D eigenvalue weighted by Gasteiger charge is 2.43. The van der Waals surface area contributed by atoms with Gasteiger partial charge >= 0.3 is 12.1 Å². The van der Waals surface area contributed by atoms with Crippen LogP contribution in [-0.4, -0.2) is 49.2 Å². The molecule has 0 saturated heterocycles. The summed E-state index contributed by atoms with van der Waals surface area (Å²) in [6, 6.07) is 3.15. The summed E-state index contributed by atoms with van der Waals surface area (Å²) in [4.78, 5) is 27.4. The largest absolute Gasteiger partial charge is 0.481 e. The molecular formula is C21H22ClF2N5O4. The lowest BCUT2D eigenvalue weighted by Gasteiger charge is -2.22. The summed E-state index contributed by atoms with van der Waals surface area (Å²) in [5.74, 6) is 1.86. The van der Waals surface area contributed by atoms with Gasteiger partial charge in [0.2, 0.25) is 0 Å². The molecule has 0 aliphatic heterocycles. The number of aliphatic carboxylic acids is 1. The molecule has 33 heavy (non-hydrogen) atoms. The molecule has 2 N–H and O–H groups in total. The van der Waals surface area contributed by atoms with Gasteiger partial charge in [-0.05, 0) is 31.9 Å². The number of carbonyl (C=O) groups is 2. The lowest BCUT2D eigenvalue weighted by molar-refractivity contribution is -0.137. The van der Waals surface area contributed by atoms with Crippen LogP contribution in [-0.2, 0) is 16.6 Å². The predicted molar refractivity (Wildman–Crippen MR) is 115 cm³/mol. The SMILES string of the molecule is CCC(F)(F)[C@@H](C)OC(=O)Nc1c(-c2ccc(C#CC3(CC(=O)O)CC3)c(Cl)n2)nnn1C. The highest BCUT2D eigenvalue weighted by atomic mass is 35.5. The number of ether oxygens (including phenoxy) is 1. The minimum absolute atomic E-state index is 0.0311. The van der Waals surface area contributed by atoms with Gasteiger partial charge in [0.1, 0.15) is 5.15 Å². The van der Waals surface area contributed by atoms with E-state index in [2.05, 4.69) is 32.5 Å². The van der Waals surface area contributed by atoms with Crippen LogP contribution in [0.4, 0.5) is 19.4 Å².